The van der Waals surface area contributed by atoms with E-state index in [0.29, 0.717) is 5.75 Å². The molecule has 4 nitrogen and oxygen atoms in total. The van der Waals surface area contributed by atoms with Crippen molar-refractivity contribution in [3.05, 3.63) is 24.3 Å². The molecule has 0 aliphatic carbocycles. The molecule has 1 unspecified atom stereocenters. The van der Waals surface area contributed by atoms with Crippen LogP contribution in [0.4, 0.5) is 0 Å². The van der Waals surface area contributed by atoms with Gasteiger partial charge in [-0.05, 0) is 37.4 Å². The standard InChI is InChI=1S/C9H13BO4S/c1-7(15-2)13-8-3-5-9(6-4-8)14-10(11)12/h3-7,11-12H,1-2H3. The van der Waals surface area contributed by atoms with Crippen LogP contribution in [-0.4, -0.2) is 29.1 Å². The molecule has 82 valence electrons. The summed E-state index contributed by atoms with van der Waals surface area (Å²) < 4.78 is 10.2. The molecule has 15 heavy (non-hydrogen) atoms. The second kappa shape index (κ2) is 5.90. The minimum atomic E-state index is -1.79. The maximum atomic E-state index is 8.56. The van der Waals surface area contributed by atoms with E-state index >= 15 is 0 Å². The van der Waals surface area contributed by atoms with E-state index < -0.39 is 7.32 Å². The Hall–Kier alpha value is -0.845. The van der Waals surface area contributed by atoms with Crippen molar-refractivity contribution in [2.24, 2.45) is 0 Å². The zero-order valence-electron chi connectivity index (χ0n) is 8.58. The van der Waals surface area contributed by atoms with Crippen LogP contribution in [0, 0.1) is 0 Å². The summed E-state index contributed by atoms with van der Waals surface area (Å²) in [5.74, 6) is 1.10. The second-order valence-electron chi connectivity index (χ2n) is 2.84. The van der Waals surface area contributed by atoms with Gasteiger partial charge in [-0.15, -0.1) is 11.8 Å². The molecule has 1 aromatic rings. The molecule has 0 aliphatic heterocycles. The van der Waals surface area contributed by atoms with Crippen LogP contribution < -0.4 is 9.39 Å². The van der Waals surface area contributed by atoms with Crippen LogP contribution in [0.25, 0.3) is 0 Å². The predicted molar refractivity (Wildman–Crippen MR) is 60.9 cm³/mol. The molecular weight excluding hydrogens is 215 g/mol. The molecule has 1 atom stereocenters. The Kier molecular flexibility index (Phi) is 4.81. The van der Waals surface area contributed by atoms with Gasteiger partial charge in [-0.2, -0.15) is 0 Å². The number of rotatable bonds is 5. The number of ether oxygens (including phenoxy) is 1. The first-order chi connectivity index (χ1) is 7.11. The molecule has 0 bridgehead atoms. The van der Waals surface area contributed by atoms with Crippen molar-refractivity contribution in [1.82, 2.24) is 0 Å². The first-order valence-corrected chi connectivity index (χ1v) is 5.73. The molecule has 0 fully saturated rings. The average Bonchev–Trinajstić information content (AvgIpc) is 2.20. The highest BCUT2D eigenvalue weighted by Crippen LogP contribution is 2.20. The Labute approximate surface area is 93.4 Å². The van der Waals surface area contributed by atoms with Gasteiger partial charge in [0.2, 0.25) is 0 Å². The summed E-state index contributed by atoms with van der Waals surface area (Å²) in [7, 11) is -1.79. The van der Waals surface area contributed by atoms with Gasteiger partial charge in [-0.1, -0.05) is 0 Å². The lowest BCUT2D eigenvalue weighted by Gasteiger charge is -2.12. The van der Waals surface area contributed by atoms with Crippen LogP contribution in [0.1, 0.15) is 6.92 Å². The Morgan fingerprint density at radius 3 is 2.20 bits per heavy atom. The monoisotopic (exact) mass is 228 g/mol. The summed E-state index contributed by atoms with van der Waals surface area (Å²) in [5.41, 5.74) is 0.0835. The summed E-state index contributed by atoms with van der Waals surface area (Å²) in [4.78, 5) is 0. The van der Waals surface area contributed by atoms with Gasteiger partial charge in [0, 0.05) is 0 Å². The number of hydrogen-bond donors (Lipinski definition) is 2. The van der Waals surface area contributed by atoms with Crippen molar-refractivity contribution in [1.29, 1.82) is 0 Å². The maximum Gasteiger partial charge on any atom is 0.707 e. The molecule has 0 saturated heterocycles. The highest BCUT2D eigenvalue weighted by Gasteiger charge is 2.10. The zero-order chi connectivity index (χ0) is 11.3. The van der Waals surface area contributed by atoms with Gasteiger partial charge < -0.3 is 19.4 Å². The van der Waals surface area contributed by atoms with Crippen molar-refractivity contribution >= 4 is 19.1 Å². The van der Waals surface area contributed by atoms with Crippen LogP contribution in [0.5, 0.6) is 11.5 Å². The van der Waals surface area contributed by atoms with E-state index in [-0.39, 0.29) is 5.44 Å². The lowest BCUT2D eigenvalue weighted by molar-refractivity contribution is 0.286. The van der Waals surface area contributed by atoms with Crippen molar-refractivity contribution in [3.8, 4) is 11.5 Å². The highest BCUT2D eigenvalue weighted by atomic mass is 32.2. The Morgan fingerprint density at radius 1 is 1.20 bits per heavy atom. The van der Waals surface area contributed by atoms with Crippen LogP contribution in [-0.2, 0) is 0 Å². The second-order valence-corrected chi connectivity index (χ2v) is 3.97. The largest absolute Gasteiger partial charge is 0.707 e. The molecule has 6 heteroatoms. The molecule has 0 aliphatic rings. The Bertz CT molecular complexity index is 291. The van der Waals surface area contributed by atoms with Crippen molar-refractivity contribution in [3.63, 3.8) is 0 Å². The third-order valence-electron chi connectivity index (χ3n) is 1.70. The van der Waals surface area contributed by atoms with Crippen molar-refractivity contribution in [2.75, 3.05) is 6.26 Å². The molecular formula is C9H13BO4S. The van der Waals surface area contributed by atoms with E-state index in [1.165, 1.54) is 0 Å². The highest BCUT2D eigenvalue weighted by molar-refractivity contribution is 7.99. The number of thioether (sulfide) groups is 1. The molecule has 0 heterocycles. The van der Waals surface area contributed by atoms with Gasteiger partial charge in [-0.3, -0.25) is 0 Å². The molecule has 0 radical (unpaired) electrons. The van der Waals surface area contributed by atoms with E-state index in [2.05, 4.69) is 4.65 Å². The van der Waals surface area contributed by atoms with Gasteiger partial charge in [0.25, 0.3) is 0 Å². The van der Waals surface area contributed by atoms with Gasteiger partial charge in [0.15, 0.2) is 0 Å². The van der Waals surface area contributed by atoms with E-state index in [1.807, 2.05) is 13.2 Å². The summed E-state index contributed by atoms with van der Waals surface area (Å²) in [6.45, 7) is 1.95. The molecule has 1 aromatic carbocycles. The van der Waals surface area contributed by atoms with Crippen molar-refractivity contribution < 1.29 is 19.4 Å². The third kappa shape index (κ3) is 4.46. The third-order valence-corrected chi connectivity index (χ3v) is 2.46. The molecule has 2 N–H and O–H groups in total. The molecule has 0 saturated carbocycles. The van der Waals surface area contributed by atoms with E-state index in [9.17, 15) is 0 Å². The summed E-state index contributed by atoms with van der Waals surface area (Å²) >= 11 is 1.60. The van der Waals surface area contributed by atoms with Gasteiger partial charge in [0.05, 0.1) is 0 Å². The fourth-order valence-electron chi connectivity index (χ4n) is 0.958. The number of hydrogen-bond acceptors (Lipinski definition) is 5. The average molecular weight is 228 g/mol. The lowest BCUT2D eigenvalue weighted by atomic mass is 10.2. The maximum absolute atomic E-state index is 8.56. The van der Waals surface area contributed by atoms with Crippen LogP contribution in [0.15, 0.2) is 24.3 Å². The summed E-state index contributed by atoms with van der Waals surface area (Å²) in [5, 5.41) is 17.1. The minimum Gasteiger partial charge on any atom is -0.512 e. The number of benzene rings is 1. The van der Waals surface area contributed by atoms with Gasteiger partial charge in [-0.25, -0.2) is 0 Å². The molecule has 0 spiro atoms. The SMILES string of the molecule is CSC(C)Oc1ccc(OB(O)O)cc1. The minimum absolute atomic E-state index is 0.0835. The fourth-order valence-corrected chi connectivity index (χ4v) is 1.17. The van der Waals surface area contributed by atoms with Gasteiger partial charge in [0.1, 0.15) is 16.9 Å². The molecule has 0 amide bonds. The van der Waals surface area contributed by atoms with Crippen LogP contribution in [0.3, 0.4) is 0 Å². The molecule has 0 aromatic heterocycles. The predicted octanol–water partition coefficient (Wildman–Crippen LogP) is 1.12. The van der Waals surface area contributed by atoms with E-state index in [1.54, 1.807) is 36.0 Å². The first-order valence-electron chi connectivity index (χ1n) is 4.44. The first kappa shape index (κ1) is 12.2. The fraction of sp³-hybridized carbons (Fsp3) is 0.333. The van der Waals surface area contributed by atoms with E-state index in [4.69, 9.17) is 14.8 Å². The Balaban J connectivity index is 2.56. The van der Waals surface area contributed by atoms with Crippen LogP contribution >= 0.6 is 11.8 Å². The summed E-state index contributed by atoms with van der Waals surface area (Å²) in [6.07, 6.45) is 1.96. The summed E-state index contributed by atoms with van der Waals surface area (Å²) in [6, 6.07) is 6.65. The topological polar surface area (TPSA) is 58.9 Å². The quantitative estimate of drug-likeness (QED) is 0.584. The van der Waals surface area contributed by atoms with Gasteiger partial charge >= 0.3 is 7.32 Å². The normalized spacial score (nSPS) is 12.0. The van der Waals surface area contributed by atoms with Crippen molar-refractivity contribution in [2.45, 2.75) is 12.4 Å². The van der Waals surface area contributed by atoms with Crippen LogP contribution in [0.2, 0.25) is 0 Å². The van der Waals surface area contributed by atoms with E-state index in [0.717, 1.165) is 5.75 Å². The lowest BCUT2D eigenvalue weighted by Crippen LogP contribution is -2.20. The zero-order valence-corrected chi connectivity index (χ0v) is 9.40. The smallest absolute Gasteiger partial charge is 0.512 e. The Morgan fingerprint density at radius 2 is 1.73 bits per heavy atom. The molecule has 1 rings (SSSR count).